The summed E-state index contributed by atoms with van der Waals surface area (Å²) in [5, 5.41) is 0. The zero-order chi connectivity index (χ0) is 13.3. The second kappa shape index (κ2) is 8.97. The molecule has 0 amide bonds. The van der Waals surface area contributed by atoms with Crippen LogP contribution in [0.5, 0.6) is 0 Å². The van der Waals surface area contributed by atoms with Crippen molar-refractivity contribution in [2.24, 2.45) is 11.3 Å². The van der Waals surface area contributed by atoms with E-state index >= 15 is 0 Å². The Labute approximate surface area is 110 Å². The average molecular weight is 241 g/mol. The summed E-state index contributed by atoms with van der Waals surface area (Å²) < 4.78 is 0. The van der Waals surface area contributed by atoms with Crippen LogP contribution in [0.3, 0.4) is 0 Å². The number of nitrogens with zero attached hydrogens (tertiary/aromatic N) is 1. The van der Waals surface area contributed by atoms with Gasteiger partial charge in [-0.2, -0.15) is 0 Å². The molecule has 0 saturated heterocycles. The number of hydrogen-bond donors (Lipinski definition) is 0. The fourth-order valence-corrected chi connectivity index (χ4v) is 2.23. The quantitative estimate of drug-likeness (QED) is 0.516. The van der Waals surface area contributed by atoms with Crippen molar-refractivity contribution in [2.45, 2.75) is 72.6 Å². The highest BCUT2D eigenvalue weighted by Gasteiger charge is 2.13. The standard InChI is InChI=1S/C16H35N/c1-7-15(12-13-16(2,3)4)11-9-8-10-14-17(5)6/h15H,7-14H2,1-6H3/t15-/m0/s1. The van der Waals surface area contributed by atoms with Gasteiger partial charge in [0, 0.05) is 0 Å². The van der Waals surface area contributed by atoms with Gasteiger partial charge >= 0.3 is 0 Å². The van der Waals surface area contributed by atoms with Gasteiger partial charge in [-0.1, -0.05) is 53.4 Å². The Morgan fingerprint density at radius 2 is 1.59 bits per heavy atom. The van der Waals surface area contributed by atoms with E-state index in [1.54, 1.807) is 0 Å². The van der Waals surface area contributed by atoms with Crippen LogP contribution < -0.4 is 0 Å². The first-order chi connectivity index (χ1) is 7.85. The first kappa shape index (κ1) is 17.0. The van der Waals surface area contributed by atoms with Crippen molar-refractivity contribution in [3.05, 3.63) is 0 Å². The third-order valence-corrected chi connectivity index (χ3v) is 3.60. The summed E-state index contributed by atoms with van der Waals surface area (Å²) in [6.45, 7) is 10.7. The molecule has 17 heavy (non-hydrogen) atoms. The first-order valence-corrected chi connectivity index (χ1v) is 7.50. The van der Waals surface area contributed by atoms with E-state index < -0.39 is 0 Å². The predicted molar refractivity (Wildman–Crippen MR) is 79.5 cm³/mol. The number of hydrogen-bond acceptors (Lipinski definition) is 1. The molecule has 0 spiro atoms. The minimum Gasteiger partial charge on any atom is -0.309 e. The maximum absolute atomic E-state index is 2.36. The van der Waals surface area contributed by atoms with Gasteiger partial charge in [0.1, 0.15) is 0 Å². The Morgan fingerprint density at radius 3 is 2.06 bits per heavy atom. The van der Waals surface area contributed by atoms with E-state index in [2.05, 4.69) is 46.7 Å². The third kappa shape index (κ3) is 12.2. The molecule has 0 aliphatic rings. The fraction of sp³-hybridized carbons (Fsp3) is 1.00. The fourth-order valence-electron chi connectivity index (χ4n) is 2.23. The van der Waals surface area contributed by atoms with Gasteiger partial charge in [-0.05, 0) is 51.2 Å². The summed E-state index contributed by atoms with van der Waals surface area (Å²) >= 11 is 0. The van der Waals surface area contributed by atoms with Crippen molar-refractivity contribution < 1.29 is 0 Å². The monoisotopic (exact) mass is 241 g/mol. The maximum Gasteiger partial charge on any atom is -0.00248 e. The van der Waals surface area contributed by atoms with E-state index in [1.165, 1.54) is 51.5 Å². The van der Waals surface area contributed by atoms with Gasteiger partial charge in [-0.3, -0.25) is 0 Å². The molecule has 0 aliphatic heterocycles. The summed E-state index contributed by atoms with van der Waals surface area (Å²) in [6, 6.07) is 0. The molecule has 0 radical (unpaired) electrons. The molecule has 0 heterocycles. The van der Waals surface area contributed by atoms with E-state index in [9.17, 15) is 0 Å². The number of unbranched alkanes of at least 4 members (excludes halogenated alkanes) is 2. The van der Waals surface area contributed by atoms with E-state index in [0.29, 0.717) is 5.41 Å². The van der Waals surface area contributed by atoms with Crippen LogP contribution >= 0.6 is 0 Å². The van der Waals surface area contributed by atoms with Crippen LogP contribution in [0.25, 0.3) is 0 Å². The Kier molecular flexibility index (Phi) is 8.94. The number of rotatable bonds is 9. The molecular formula is C16H35N. The van der Waals surface area contributed by atoms with Crippen molar-refractivity contribution in [1.29, 1.82) is 0 Å². The summed E-state index contributed by atoms with van der Waals surface area (Å²) in [5.74, 6) is 0.966. The Morgan fingerprint density at radius 1 is 0.941 bits per heavy atom. The summed E-state index contributed by atoms with van der Waals surface area (Å²) in [7, 11) is 4.33. The lowest BCUT2D eigenvalue weighted by Crippen LogP contribution is -2.13. The molecule has 1 nitrogen and oxygen atoms in total. The zero-order valence-corrected chi connectivity index (χ0v) is 13.2. The molecule has 1 atom stereocenters. The Balaban J connectivity index is 3.55. The van der Waals surface area contributed by atoms with Gasteiger partial charge in [-0.15, -0.1) is 0 Å². The van der Waals surface area contributed by atoms with E-state index in [-0.39, 0.29) is 0 Å². The Hall–Kier alpha value is -0.0400. The van der Waals surface area contributed by atoms with Gasteiger partial charge in [0.05, 0.1) is 0 Å². The molecule has 0 bridgehead atoms. The molecule has 0 saturated carbocycles. The van der Waals surface area contributed by atoms with Crippen molar-refractivity contribution in [1.82, 2.24) is 4.90 Å². The molecule has 0 fully saturated rings. The molecule has 0 rings (SSSR count). The molecule has 0 aliphatic carbocycles. The van der Waals surface area contributed by atoms with Crippen LogP contribution in [-0.4, -0.2) is 25.5 Å². The van der Waals surface area contributed by atoms with Crippen molar-refractivity contribution in [3.63, 3.8) is 0 Å². The second-order valence-electron chi connectivity index (χ2n) is 7.03. The summed E-state index contributed by atoms with van der Waals surface area (Å²) in [4.78, 5) is 2.29. The van der Waals surface area contributed by atoms with Crippen LogP contribution in [0, 0.1) is 11.3 Å². The van der Waals surface area contributed by atoms with Crippen LogP contribution in [-0.2, 0) is 0 Å². The van der Waals surface area contributed by atoms with Crippen LogP contribution in [0.1, 0.15) is 72.6 Å². The molecule has 1 heteroatoms. The smallest absolute Gasteiger partial charge is 0.00248 e. The van der Waals surface area contributed by atoms with Gasteiger partial charge in [0.15, 0.2) is 0 Å². The van der Waals surface area contributed by atoms with Gasteiger partial charge < -0.3 is 4.90 Å². The maximum atomic E-state index is 2.36. The first-order valence-electron chi connectivity index (χ1n) is 7.50. The summed E-state index contributed by atoms with van der Waals surface area (Å²) in [5.41, 5.74) is 0.512. The Bertz CT molecular complexity index is 167. The average Bonchev–Trinajstić information content (AvgIpc) is 2.20. The topological polar surface area (TPSA) is 3.24 Å². The van der Waals surface area contributed by atoms with Crippen molar-refractivity contribution >= 4 is 0 Å². The molecule has 0 aromatic heterocycles. The normalized spacial score (nSPS) is 14.3. The van der Waals surface area contributed by atoms with Crippen molar-refractivity contribution in [3.8, 4) is 0 Å². The minimum absolute atomic E-state index is 0.512. The highest BCUT2D eigenvalue weighted by atomic mass is 15.0. The predicted octanol–water partition coefficient (Wildman–Crippen LogP) is 4.96. The molecule has 0 N–H and O–H groups in total. The zero-order valence-electron chi connectivity index (χ0n) is 13.2. The van der Waals surface area contributed by atoms with Crippen molar-refractivity contribution in [2.75, 3.05) is 20.6 Å². The lowest BCUT2D eigenvalue weighted by atomic mass is 9.84. The SMILES string of the molecule is CC[C@@H](CCCCCN(C)C)CCC(C)(C)C. The van der Waals surface area contributed by atoms with Crippen LogP contribution in [0.15, 0.2) is 0 Å². The minimum atomic E-state index is 0.512. The lowest BCUT2D eigenvalue weighted by molar-refractivity contribution is 0.301. The van der Waals surface area contributed by atoms with Gasteiger partial charge in [0.25, 0.3) is 0 Å². The third-order valence-electron chi connectivity index (χ3n) is 3.60. The highest BCUT2D eigenvalue weighted by Crippen LogP contribution is 2.27. The van der Waals surface area contributed by atoms with Gasteiger partial charge in [0.2, 0.25) is 0 Å². The second-order valence-corrected chi connectivity index (χ2v) is 7.03. The van der Waals surface area contributed by atoms with Crippen LogP contribution in [0.4, 0.5) is 0 Å². The molecule has 104 valence electrons. The van der Waals surface area contributed by atoms with E-state index in [0.717, 1.165) is 5.92 Å². The summed E-state index contributed by atoms with van der Waals surface area (Å²) in [6.07, 6.45) is 9.81. The molecule has 0 aromatic rings. The molecular weight excluding hydrogens is 206 g/mol. The highest BCUT2D eigenvalue weighted by molar-refractivity contribution is 4.66. The molecule has 0 unspecified atom stereocenters. The van der Waals surface area contributed by atoms with E-state index in [4.69, 9.17) is 0 Å². The van der Waals surface area contributed by atoms with E-state index in [1.807, 2.05) is 0 Å². The lowest BCUT2D eigenvalue weighted by Gasteiger charge is -2.22. The van der Waals surface area contributed by atoms with Gasteiger partial charge in [-0.25, -0.2) is 0 Å². The molecule has 0 aromatic carbocycles. The van der Waals surface area contributed by atoms with Crippen LogP contribution in [0.2, 0.25) is 0 Å². The largest absolute Gasteiger partial charge is 0.309 e.